The van der Waals surface area contributed by atoms with Crippen LogP contribution < -0.4 is 4.74 Å². The Hall–Kier alpha value is -2.26. The topological polar surface area (TPSA) is 101 Å². The van der Waals surface area contributed by atoms with Gasteiger partial charge in [-0.2, -0.15) is 0 Å². The summed E-state index contributed by atoms with van der Waals surface area (Å²) in [6.45, 7) is 1.26. The van der Waals surface area contributed by atoms with Crippen molar-refractivity contribution < 1.29 is 34.3 Å². The number of epoxide rings is 1. The molecular weight excluding hydrogens is 412 g/mol. The van der Waals surface area contributed by atoms with Gasteiger partial charge in [-0.05, 0) is 23.3 Å². The van der Waals surface area contributed by atoms with Gasteiger partial charge >= 0.3 is 0 Å². The molecule has 0 aromatic heterocycles. The molecule has 174 valence electrons. The normalized spacial score (nSPS) is 20.8. The Kier molecular flexibility index (Phi) is 9.67. The lowest BCUT2D eigenvalue weighted by molar-refractivity contribution is -0.0599. The molecule has 7 nitrogen and oxygen atoms in total. The number of aliphatic hydroxyl groups is 3. The molecule has 0 radical (unpaired) electrons. The third-order valence-corrected chi connectivity index (χ3v) is 5.24. The number of aliphatic hydroxyl groups excluding tert-OH is 3. The first-order valence-corrected chi connectivity index (χ1v) is 10.8. The van der Waals surface area contributed by atoms with Crippen molar-refractivity contribution in [1.29, 1.82) is 0 Å². The van der Waals surface area contributed by atoms with Gasteiger partial charge in [0.2, 0.25) is 0 Å². The molecule has 1 aliphatic rings. The van der Waals surface area contributed by atoms with Gasteiger partial charge in [-0.1, -0.05) is 54.6 Å². The maximum atomic E-state index is 10.3. The van der Waals surface area contributed by atoms with Crippen LogP contribution in [0.2, 0.25) is 0 Å². The first-order chi connectivity index (χ1) is 15.6. The fraction of sp³-hybridized carbons (Fsp3) is 0.440. The van der Waals surface area contributed by atoms with Crippen LogP contribution in [0.5, 0.6) is 5.75 Å². The van der Waals surface area contributed by atoms with Crippen LogP contribution in [-0.2, 0) is 27.4 Å². The van der Waals surface area contributed by atoms with Gasteiger partial charge in [-0.15, -0.1) is 0 Å². The number of benzene rings is 2. The Morgan fingerprint density at radius 3 is 2.31 bits per heavy atom. The van der Waals surface area contributed by atoms with Crippen molar-refractivity contribution in [3.63, 3.8) is 0 Å². The van der Waals surface area contributed by atoms with Crippen LogP contribution in [-0.4, -0.2) is 66.2 Å². The van der Waals surface area contributed by atoms with E-state index in [-0.39, 0.29) is 25.2 Å². The number of hydrogen-bond donors (Lipinski definition) is 3. The lowest BCUT2D eigenvalue weighted by Crippen LogP contribution is -2.35. The summed E-state index contributed by atoms with van der Waals surface area (Å²) in [5.74, 6) is 0.807. The summed E-state index contributed by atoms with van der Waals surface area (Å²) >= 11 is 0. The fourth-order valence-electron chi connectivity index (χ4n) is 3.28. The molecule has 5 atom stereocenters. The third-order valence-electron chi connectivity index (χ3n) is 5.24. The largest absolute Gasteiger partial charge is 0.497 e. The molecule has 3 N–H and O–H groups in total. The van der Waals surface area contributed by atoms with Gasteiger partial charge < -0.3 is 34.3 Å². The average Bonchev–Trinajstić information content (AvgIpc) is 3.59. The summed E-state index contributed by atoms with van der Waals surface area (Å²) in [6, 6.07) is 17.3. The standard InChI is InChI=1S/C25H32O7/c1-29-20-11-9-19(10-12-20)15-30-13-5-8-24-25(32-24)22(27)14-21(26)23(28)17-31-16-18-6-3-2-4-7-18/h2-12,21-28H,13-17H2,1H3/b8-5+/t21-,22-,23-,24-,25-/m1/s1. The Balaban J connectivity index is 1.27. The quantitative estimate of drug-likeness (QED) is 0.233. The van der Waals surface area contributed by atoms with Crippen molar-refractivity contribution in [1.82, 2.24) is 0 Å². The third kappa shape index (κ3) is 8.02. The summed E-state index contributed by atoms with van der Waals surface area (Å²) < 4.78 is 21.6. The molecule has 0 unspecified atom stereocenters. The van der Waals surface area contributed by atoms with Crippen molar-refractivity contribution in [2.75, 3.05) is 20.3 Å². The molecule has 1 aliphatic heterocycles. The Morgan fingerprint density at radius 1 is 0.906 bits per heavy atom. The summed E-state index contributed by atoms with van der Waals surface area (Å²) in [6.07, 6.45) is 0.0579. The van der Waals surface area contributed by atoms with Crippen LogP contribution in [0, 0.1) is 0 Å². The van der Waals surface area contributed by atoms with E-state index in [0.29, 0.717) is 19.8 Å². The Bertz CT molecular complexity index is 809. The second-order valence-electron chi connectivity index (χ2n) is 7.80. The van der Waals surface area contributed by atoms with E-state index in [9.17, 15) is 15.3 Å². The minimum Gasteiger partial charge on any atom is -0.497 e. The minimum absolute atomic E-state index is 0.0107. The van der Waals surface area contributed by atoms with Crippen molar-refractivity contribution in [2.24, 2.45) is 0 Å². The van der Waals surface area contributed by atoms with Crippen LogP contribution in [0.25, 0.3) is 0 Å². The highest BCUT2D eigenvalue weighted by Crippen LogP contribution is 2.29. The van der Waals surface area contributed by atoms with E-state index < -0.39 is 18.3 Å². The molecule has 0 bridgehead atoms. The predicted octanol–water partition coefficient (Wildman–Crippen LogP) is 2.22. The highest BCUT2D eigenvalue weighted by Gasteiger charge is 2.43. The van der Waals surface area contributed by atoms with E-state index in [1.807, 2.05) is 66.7 Å². The first-order valence-electron chi connectivity index (χ1n) is 10.8. The van der Waals surface area contributed by atoms with E-state index >= 15 is 0 Å². The highest BCUT2D eigenvalue weighted by atomic mass is 16.6. The highest BCUT2D eigenvalue weighted by molar-refractivity contribution is 5.26. The van der Waals surface area contributed by atoms with E-state index in [1.54, 1.807) is 7.11 Å². The number of ether oxygens (including phenoxy) is 4. The van der Waals surface area contributed by atoms with Crippen molar-refractivity contribution in [2.45, 2.75) is 50.2 Å². The van der Waals surface area contributed by atoms with E-state index in [1.165, 1.54) is 0 Å². The van der Waals surface area contributed by atoms with Gasteiger partial charge in [0.25, 0.3) is 0 Å². The molecule has 0 spiro atoms. The molecule has 1 fully saturated rings. The van der Waals surface area contributed by atoms with Gasteiger partial charge in [-0.25, -0.2) is 0 Å². The van der Waals surface area contributed by atoms with E-state index in [2.05, 4.69) is 0 Å². The fourth-order valence-corrected chi connectivity index (χ4v) is 3.28. The molecule has 32 heavy (non-hydrogen) atoms. The summed E-state index contributed by atoms with van der Waals surface area (Å²) in [5, 5.41) is 30.5. The zero-order valence-corrected chi connectivity index (χ0v) is 18.2. The molecular formula is C25H32O7. The maximum Gasteiger partial charge on any atom is 0.118 e. The molecule has 1 heterocycles. The number of methoxy groups -OCH3 is 1. The molecule has 0 saturated carbocycles. The van der Waals surface area contributed by atoms with Gasteiger partial charge in [0.15, 0.2) is 0 Å². The van der Waals surface area contributed by atoms with Crippen LogP contribution in [0.1, 0.15) is 17.5 Å². The van der Waals surface area contributed by atoms with Gasteiger partial charge in [0.1, 0.15) is 24.1 Å². The van der Waals surface area contributed by atoms with Crippen LogP contribution in [0.4, 0.5) is 0 Å². The molecule has 1 saturated heterocycles. The molecule has 3 rings (SSSR count). The van der Waals surface area contributed by atoms with Crippen LogP contribution in [0.3, 0.4) is 0 Å². The van der Waals surface area contributed by atoms with Gasteiger partial charge in [-0.3, -0.25) is 0 Å². The van der Waals surface area contributed by atoms with Gasteiger partial charge in [0, 0.05) is 6.42 Å². The summed E-state index contributed by atoms with van der Waals surface area (Å²) in [4.78, 5) is 0. The van der Waals surface area contributed by atoms with Gasteiger partial charge in [0.05, 0.1) is 45.7 Å². The zero-order valence-electron chi connectivity index (χ0n) is 18.2. The van der Waals surface area contributed by atoms with Crippen molar-refractivity contribution >= 4 is 0 Å². The SMILES string of the molecule is COc1ccc(COC/C=C/[C@H]2O[C@@H]2[C@H](O)C[C@@H](O)[C@H](O)COCc2ccccc2)cc1. The molecule has 0 aliphatic carbocycles. The second-order valence-corrected chi connectivity index (χ2v) is 7.80. The molecule has 2 aromatic carbocycles. The molecule has 7 heteroatoms. The Morgan fingerprint density at radius 2 is 1.59 bits per heavy atom. The lowest BCUT2D eigenvalue weighted by atomic mass is 10.0. The number of hydrogen-bond acceptors (Lipinski definition) is 7. The van der Waals surface area contributed by atoms with Crippen LogP contribution >= 0.6 is 0 Å². The number of rotatable bonds is 14. The summed E-state index contributed by atoms with van der Waals surface area (Å²) in [5.41, 5.74) is 2.04. The zero-order chi connectivity index (χ0) is 22.8. The van der Waals surface area contributed by atoms with Crippen molar-refractivity contribution in [3.8, 4) is 5.75 Å². The Labute approximate surface area is 188 Å². The minimum atomic E-state index is -1.09. The first kappa shape index (κ1) is 24.4. The second kappa shape index (κ2) is 12.7. The monoisotopic (exact) mass is 444 g/mol. The smallest absolute Gasteiger partial charge is 0.118 e. The van der Waals surface area contributed by atoms with Crippen molar-refractivity contribution in [3.05, 3.63) is 77.9 Å². The molecule has 0 amide bonds. The molecule has 2 aromatic rings. The summed E-state index contributed by atoms with van der Waals surface area (Å²) in [7, 11) is 1.63. The van der Waals surface area contributed by atoms with E-state index in [0.717, 1.165) is 16.9 Å². The van der Waals surface area contributed by atoms with E-state index in [4.69, 9.17) is 18.9 Å². The predicted molar refractivity (Wildman–Crippen MR) is 119 cm³/mol. The lowest BCUT2D eigenvalue weighted by Gasteiger charge is -2.20. The van der Waals surface area contributed by atoms with Crippen LogP contribution in [0.15, 0.2) is 66.7 Å². The average molecular weight is 445 g/mol. The maximum absolute atomic E-state index is 10.3.